The van der Waals surface area contributed by atoms with Gasteiger partial charge in [0, 0.05) is 12.0 Å². The molecule has 0 aliphatic carbocycles. The molecule has 0 amide bonds. The summed E-state index contributed by atoms with van der Waals surface area (Å²) in [6.45, 7) is 7.49. The van der Waals surface area contributed by atoms with Crippen molar-refractivity contribution >= 4 is 11.9 Å². The zero-order valence-electron chi connectivity index (χ0n) is 13.0. The largest absolute Gasteiger partial charge is 0.481 e. The van der Waals surface area contributed by atoms with Gasteiger partial charge < -0.3 is 14.3 Å². The maximum absolute atomic E-state index is 11.1. The van der Waals surface area contributed by atoms with Crippen LogP contribution in [0.5, 0.6) is 0 Å². The number of esters is 1. The van der Waals surface area contributed by atoms with Crippen molar-refractivity contribution in [3.05, 3.63) is 12.2 Å². The van der Waals surface area contributed by atoms with Gasteiger partial charge >= 0.3 is 11.9 Å². The molecule has 20 heavy (non-hydrogen) atoms. The Bertz CT molecular complexity index is 337. The van der Waals surface area contributed by atoms with E-state index in [4.69, 9.17) is 9.84 Å². The van der Waals surface area contributed by atoms with Gasteiger partial charge in [-0.1, -0.05) is 6.58 Å². The Morgan fingerprint density at radius 1 is 1.10 bits per heavy atom. The highest BCUT2D eigenvalue weighted by Crippen LogP contribution is 2.07. The summed E-state index contributed by atoms with van der Waals surface area (Å²) in [5.41, 5.74) is 0.432. The molecule has 0 bridgehead atoms. The molecule has 5 nitrogen and oxygen atoms in total. The number of hydrogen-bond acceptors (Lipinski definition) is 3. The fourth-order valence-electron chi connectivity index (χ4n) is 1.88. The minimum absolute atomic E-state index is 0.235. The Hall–Kier alpha value is -1.36. The van der Waals surface area contributed by atoms with E-state index < -0.39 is 5.97 Å². The monoisotopic (exact) mass is 286 g/mol. The molecule has 0 heterocycles. The number of hydrogen-bond donors (Lipinski definition) is 1. The van der Waals surface area contributed by atoms with Crippen LogP contribution >= 0.6 is 0 Å². The number of aliphatic carboxylic acids is 1. The molecule has 0 aromatic carbocycles. The summed E-state index contributed by atoms with van der Waals surface area (Å²) >= 11 is 0. The van der Waals surface area contributed by atoms with Crippen LogP contribution in [0.3, 0.4) is 0 Å². The number of ether oxygens (including phenoxy) is 1. The van der Waals surface area contributed by atoms with Gasteiger partial charge in [-0.15, -0.1) is 0 Å². The second-order valence-corrected chi connectivity index (χ2v) is 5.86. The Balaban J connectivity index is 3.59. The number of carboxylic acid groups (broad SMARTS) is 1. The Morgan fingerprint density at radius 2 is 1.70 bits per heavy atom. The molecule has 116 valence electrons. The topological polar surface area (TPSA) is 63.6 Å². The summed E-state index contributed by atoms with van der Waals surface area (Å²) in [4.78, 5) is 21.6. The molecule has 1 N–H and O–H groups in total. The number of rotatable bonds is 11. The summed E-state index contributed by atoms with van der Waals surface area (Å²) in [6.07, 6.45) is 3.85. The van der Waals surface area contributed by atoms with E-state index in [0.29, 0.717) is 18.6 Å². The lowest BCUT2D eigenvalue weighted by Gasteiger charge is -2.29. The molecule has 0 fully saturated rings. The van der Waals surface area contributed by atoms with Gasteiger partial charge in [-0.25, -0.2) is 4.79 Å². The highest BCUT2D eigenvalue weighted by atomic mass is 16.5. The molecule has 0 spiro atoms. The van der Waals surface area contributed by atoms with Crippen LogP contribution in [-0.4, -0.2) is 55.3 Å². The average molecular weight is 286 g/mol. The predicted octanol–water partition coefficient (Wildman–Crippen LogP) is 2.22. The van der Waals surface area contributed by atoms with Gasteiger partial charge in [-0.2, -0.15) is 0 Å². The minimum atomic E-state index is -0.732. The van der Waals surface area contributed by atoms with Crippen molar-refractivity contribution in [3.63, 3.8) is 0 Å². The van der Waals surface area contributed by atoms with Crippen LogP contribution in [0, 0.1) is 0 Å². The van der Waals surface area contributed by atoms with Crippen molar-refractivity contribution in [2.24, 2.45) is 0 Å². The van der Waals surface area contributed by atoms with E-state index in [0.717, 1.165) is 36.8 Å². The Labute approximate surface area is 121 Å². The number of nitrogens with zero attached hydrogens (tertiary/aromatic N) is 1. The third kappa shape index (κ3) is 10.6. The molecule has 0 aromatic rings. The average Bonchev–Trinajstić information content (AvgIpc) is 2.32. The van der Waals surface area contributed by atoms with Crippen LogP contribution in [-0.2, 0) is 14.3 Å². The molecule has 0 aliphatic heterocycles. The first-order valence-electron chi connectivity index (χ1n) is 7.11. The number of carbonyl (C=O) groups excluding carboxylic acids is 1. The zero-order valence-corrected chi connectivity index (χ0v) is 13.0. The van der Waals surface area contributed by atoms with Gasteiger partial charge in [0.25, 0.3) is 0 Å². The summed E-state index contributed by atoms with van der Waals surface area (Å²) in [7, 11) is 4.23. The smallest absolute Gasteiger partial charge is 0.333 e. The van der Waals surface area contributed by atoms with Crippen molar-refractivity contribution in [1.82, 2.24) is 0 Å². The van der Waals surface area contributed by atoms with Crippen molar-refractivity contribution in [2.45, 2.75) is 39.0 Å². The third-order valence-electron chi connectivity index (χ3n) is 3.14. The van der Waals surface area contributed by atoms with Crippen LogP contribution in [0.25, 0.3) is 0 Å². The van der Waals surface area contributed by atoms with Crippen molar-refractivity contribution in [1.29, 1.82) is 0 Å². The van der Waals surface area contributed by atoms with Gasteiger partial charge in [-0.3, -0.25) is 4.79 Å². The van der Waals surface area contributed by atoms with Crippen LogP contribution in [0.15, 0.2) is 12.2 Å². The van der Waals surface area contributed by atoms with Crippen LogP contribution in [0.4, 0.5) is 0 Å². The number of unbranched alkanes of at least 4 members (excludes halogenated alkanes) is 2. The molecular weight excluding hydrogens is 258 g/mol. The zero-order chi connectivity index (χ0) is 15.6. The molecule has 5 heteroatoms. The highest BCUT2D eigenvalue weighted by molar-refractivity contribution is 5.86. The third-order valence-corrected chi connectivity index (χ3v) is 3.14. The molecule has 0 rings (SSSR count). The second kappa shape index (κ2) is 9.53. The lowest BCUT2D eigenvalue weighted by Crippen LogP contribution is -2.41. The maximum atomic E-state index is 11.1. The normalized spacial score (nSPS) is 11.2. The first-order valence-corrected chi connectivity index (χ1v) is 7.11. The number of carboxylic acids is 1. The number of quaternary nitrogens is 1. The second-order valence-electron chi connectivity index (χ2n) is 5.86. The van der Waals surface area contributed by atoms with Gasteiger partial charge in [0.15, 0.2) is 0 Å². The van der Waals surface area contributed by atoms with Crippen LogP contribution in [0.2, 0.25) is 0 Å². The summed E-state index contributed by atoms with van der Waals surface area (Å²) in [5, 5.41) is 8.61. The highest BCUT2D eigenvalue weighted by Gasteiger charge is 2.14. The minimum Gasteiger partial charge on any atom is -0.481 e. The summed E-state index contributed by atoms with van der Waals surface area (Å²) < 4.78 is 5.85. The fraction of sp³-hybridized carbons (Fsp3) is 0.733. The molecular formula is C15H28NO4+. The van der Waals surface area contributed by atoms with Gasteiger partial charge in [0.05, 0.1) is 40.2 Å². The molecule has 0 aromatic heterocycles. The van der Waals surface area contributed by atoms with Crippen molar-refractivity contribution in [2.75, 3.05) is 33.8 Å². The van der Waals surface area contributed by atoms with Crippen molar-refractivity contribution in [3.8, 4) is 0 Å². The molecule has 0 saturated heterocycles. The van der Waals surface area contributed by atoms with Crippen molar-refractivity contribution < 1.29 is 23.9 Å². The molecule has 0 atom stereocenters. The molecule has 0 radical (unpaired) electrons. The van der Waals surface area contributed by atoms with Crippen LogP contribution < -0.4 is 0 Å². The molecule has 0 unspecified atom stereocenters. The molecule has 0 saturated carbocycles. The predicted molar refractivity (Wildman–Crippen MR) is 78.3 cm³/mol. The van der Waals surface area contributed by atoms with E-state index in [9.17, 15) is 9.59 Å². The Morgan fingerprint density at radius 3 is 2.25 bits per heavy atom. The van der Waals surface area contributed by atoms with Gasteiger partial charge in [0.2, 0.25) is 0 Å². The quantitative estimate of drug-likeness (QED) is 0.274. The van der Waals surface area contributed by atoms with E-state index in [1.54, 1.807) is 6.92 Å². The SMILES string of the molecule is C=C(C)C(=O)OCCCCC[N+](C)(C)CCCC(=O)O. The Kier molecular flexibility index (Phi) is 8.88. The van der Waals surface area contributed by atoms with E-state index in [2.05, 4.69) is 20.7 Å². The maximum Gasteiger partial charge on any atom is 0.333 e. The van der Waals surface area contributed by atoms with E-state index in [1.165, 1.54) is 0 Å². The first-order chi connectivity index (χ1) is 9.24. The van der Waals surface area contributed by atoms with Gasteiger partial charge in [0.1, 0.15) is 0 Å². The summed E-state index contributed by atoms with van der Waals surface area (Å²) in [6, 6.07) is 0. The van der Waals surface area contributed by atoms with E-state index in [-0.39, 0.29) is 12.4 Å². The number of carbonyl (C=O) groups is 2. The van der Waals surface area contributed by atoms with Crippen LogP contribution in [0.1, 0.15) is 39.0 Å². The lowest BCUT2D eigenvalue weighted by molar-refractivity contribution is -0.890. The lowest BCUT2D eigenvalue weighted by atomic mass is 10.2. The van der Waals surface area contributed by atoms with E-state index >= 15 is 0 Å². The first kappa shape index (κ1) is 18.6. The molecule has 0 aliphatic rings. The van der Waals surface area contributed by atoms with E-state index in [1.807, 2.05) is 0 Å². The fourth-order valence-corrected chi connectivity index (χ4v) is 1.88. The summed E-state index contributed by atoms with van der Waals surface area (Å²) in [5.74, 6) is -1.06. The van der Waals surface area contributed by atoms with Gasteiger partial charge in [-0.05, 0) is 26.2 Å². The standard InChI is InChI=1S/C15H27NO4/c1-13(2)15(19)20-12-7-5-6-10-16(3,4)11-8-9-14(17)18/h1,5-12H2,2-4H3/p+1.